The zero-order chi connectivity index (χ0) is 23.3. The second-order valence-corrected chi connectivity index (χ2v) is 9.79. The normalized spacial score (nSPS) is 12.1. The maximum Gasteiger partial charge on any atom is 0.270 e. The van der Waals surface area contributed by atoms with Crippen molar-refractivity contribution in [2.24, 2.45) is 0 Å². The molecule has 0 aliphatic carbocycles. The molecule has 0 unspecified atom stereocenters. The number of nitrogens with zero attached hydrogens (tertiary/aromatic N) is 2. The summed E-state index contributed by atoms with van der Waals surface area (Å²) in [5, 5.41) is 4.67. The van der Waals surface area contributed by atoms with E-state index in [-0.39, 0.29) is 16.2 Å². The highest BCUT2D eigenvalue weighted by atomic mass is 32.1. The molecule has 1 heterocycles. The van der Waals surface area contributed by atoms with Crippen molar-refractivity contribution in [1.29, 1.82) is 0 Å². The lowest BCUT2D eigenvalue weighted by atomic mass is 9.87. The molecule has 1 N–H and O–H groups in total. The van der Waals surface area contributed by atoms with E-state index in [9.17, 15) is 4.79 Å². The first-order chi connectivity index (χ1) is 15.0. The molecule has 0 saturated heterocycles. The van der Waals surface area contributed by atoms with E-state index in [1.807, 2.05) is 56.3 Å². The number of amides is 1. The quantitative estimate of drug-likeness (QED) is 0.266. The molecule has 4 aromatic rings. The minimum Gasteiger partial charge on any atom is -0.429 e. The number of rotatable bonds is 3. The Bertz CT molecular complexity index is 1460. The summed E-state index contributed by atoms with van der Waals surface area (Å²) >= 11 is 5.51. The van der Waals surface area contributed by atoms with Crippen LogP contribution in [0, 0.1) is 11.4 Å². The van der Waals surface area contributed by atoms with Gasteiger partial charge in [-0.25, -0.2) is 4.85 Å². The highest BCUT2D eigenvalue weighted by molar-refractivity contribution is 7.71. The minimum atomic E-state index is -1.01. The van der Waals surface area contributed by atoms with Gasteiger partial charge in [-0.05, 0) is 66.0 Å². The van der Waals surface area contributed by atoms with Crippen molar-refractivity contribution in [2.75, 3.05) is 5.32 Å². The third-order valence-corrected chi connectivity index (χ3v) is 6.10. The summed E-state index contributed by atoms with van der Waals surface area (Å²) in [6.45, 7) is 17.5. The molecule has 5 nitrogen and oxygen atoms in total. The van der Waals surface area contributed by atoms with Crippen LogP contribution in [0.5, 0.6) is 0 Å². The second-order valence-electron chi connectivity index (χ2n) is 9.44. The number of aromatic nitrogens is 1. The number of nitrogens with one attached hydrogen (secondary N) is 1. The van der Waals surface area contributed by atoms with E-state index < -0.39 is 5.54 Å². The molecule has 162 valence electrons. The molecule has 4 rings (SSSR count). The summed E-state index contributed by atoms with van der Waals surface area (Å²) in [4.78, 5) is 17.3. The molecule has 1 aromatic heterocycles. The van der Waals surface area contributed by atoms with Gasteiger partial charge in [0.05, 0.1) is 12.1 Å². The number of oxazole rings is 1. The fourth-order valence-corrected chi connectivity index (χ4v) is 4.30. The third kappa shape index (κ3) is 3.59. The smallest absolute Gasteiger partial charge is 0.270 e. The van der Waals surface area contributed by atoms with Gasteiger partial charge in [0.1, 0.15) is 5.54 Å². The molecule has 0 spiro atoms. The summed E-state index contributed by atoms with van der Waals surface area (Å²) in [7, 11) is 0. The first kappa shape index (κ1) is 21.8. The van der Waals surface area contributed by atoms with Crippen molar-refractivity contribution in [3.8, 4) is 0 Å². The monoisotopic (exact) mass is 443 g/mol. The molecule has 0 bridgehead atoms. The van der Waals surface area contributed by atoms with E-state index in [1.165, 1.54) is 0 Å². The van der Waals surface area contributed by atoms with Crippen LogP contribution in [0.4, 0.5) is 11.4 Å². The van der Waals surface area contributed by atoms with E-state index in [2.05, 4.69) is 30.9 Å². The van der Waals surface area contributed by atoms with Gasteiger partial charge >= 0.3 is 0 Å². The average Bonchev–Trinajstić information content (AvgIpc) is 3.08. The fraction of sp³-hybridized carbons (Fsp3) is 0.269. The van der Waals surface area contributed by atoms with Crippen molar-refractivity contribution >= 4 is 51.4 Å². The Morgan fingerprint density at radius 2 is 1.72 bits per heavy atom. The van der Waals surface area contributed by atoms with Gasteiger partial charge < -0.3 is 9.73 Å². The largest absolute Gasteiger partial charge is 0.429 e. The topological polar surface area (TPSA) is 51.5 Å². The lowest BCUT2D eigenvalue weighted by Gasteiger charge is -2.26. The average molecular weight is 444 g/mol. The van der Waals surface area contributed by atoms with E-state index in [1.54, 1.807) is 16.7 Å². The Kier molecular flexibility index (Phi) is 5.18. The lowest BCUT2D eigenvalue weighted by Crippen LogP contribution is -2.40. The molecule has 0 atom stereocenters. The standard InChI is InChI=1S/C26H25N3O2S/c1-25(2,3)16-11-14-21-22(15-16)31-24(32)29(21)26(4,5)23(30)28-20-13-12-19(27-6)17-9-7-8-10-18(17)20/h7-15H,1-5H3,(H,28,30). The van der Waals surface area contributed by atoms with Crippen LogP contribution in [0.2, 0.25) is 0 Å². The second kappa shape index (κ2) is 7.61. The summed E-state index contributed by atoms with van der Waals surface area (Å²) < 4.78 is 7.65. The SMILES string of the molecule is [C-]#[N+]c1ccc(NC(=O)C(C)(C)n2c(=S)oc3cc(C(C)(C)C)ccc32)c2ccccc12. The zero-order valence-electron chi connectivity index (χ0n) is 18.8. The van der Waals surface area contributed by atoms with Crippen LogP contribution >= 0.6 is 12.2 Å². The number of benzene rings is 3. The minimum absolute atomic E-state index is 0.0289. The van der Waals surface area contributed by atoms with E-state index in [4.69, 9.17) is 23.2 Å². The summed E-state index contributed by atoms with van der Waals surface area (Å²) in [6.07, 6.45) is 0. The summed E-state index contributed by atoms with van der Waals surface area (Å²) in [5.41, 5.74) is 2.74. The maximum atomic E-state index is 13.5. The number of anilines is 1. The molecule has 1 amide bonds. The van der Waals surface area contributed by atoms with Crippen LogP contribution in [0.3, 0.4) is 0 Å². The van der Waals surface area contributed by atoms with Gasteiger partial charge in [0.2, 0.25) is 5.91 Å². The zero-order valence-corrected chi connectivity index (χ0v) is 19.6. The van der Waals surface area contributed by atoms with Crippen molar-refractivity contribution in [1.82, 2.24) is 4.57 Å². The molecular weight excluding hydrogens is 418 g/mol. The van der Waals surface area contributed by atoms with E-state index in [0.717, 1.165) is 21.9 Å². The summed E-state index contributed by atoms with van der Waals surface area (Å²) in [5.74, 6) is -0.225. The number of carbonyl (C=O) groups excluding carboxylic acids is 1. The van der Waals surface area contributed by atoms with Crippen LogP contribution in [0.25, 0.3) is 26.7 Å². The molecule has 32 heavy (non-hydrogen) atoms. The van der Waals surface area contributed by atoms with E-state index in [0.29, 0.717) is 17.0 Å². The predicted octanol–water partition coefficient (Wildman–Crippen LogP) is 7.34. The molecule has 0 aliphatic rings. The van der Waals surface area contributed by atoms with Crippen LogP contribution in [0.15, 0.2) is 59.0 Å². The fourth-order valence-electron chi connectivity index (χ4n) is 3.88. The highest BCUT2D eigenvalue weighted by Crippen LogP contribution is 2.34. The Morgan fingerprint density at radius 3 is 2.38 bits per heavy atom. The third-order valence-electron chi connectivity index (χ3n) is 5.83. The number of fused-ring (bicyclic) bond motifs is 2. The predicted molar refractivity (Wildman–Crippen MR) is 132 cm³/mol. The Hall–Kier alpha value is -3.43. The Labute approximate surface area is 192 Å². The van der Waals surface area contributed by atoms with Crippen LogP contribution < -0.4 is 5.32 Å². The highest BCUT2D eigenvalue weighted by Gasteiger charge is 2.33. The van der Waals surface area contributed by atoms with Crippen molar-refractivity contribution in [3.63, 3.8) is 0 Å². The summed E-state index contributed by atoms with van der Waals surface area (Å²) in [6, 6.07) is 17.1. The number of hydrogen-bond donors (Lipinski definition) is 1. The lowest BCUT2D eigenvalue weighted by molar-refractivity contribution is -0.123. The molecular formula is C26H25N3O2S. The Balaban J connectivity index is 1.76. The first-order valence-electron chi connectivity index (χ1n) is 10.4. The molecule has 0 aliphatic heterocycles. The van der Waals surface area contributed by atoms with Gasteiger partial charge in [-0.3, -0.25) is 9.36 Å². The first-order valence-corrected chi connectivity index (χ1v) is 10.8. The van der Waals surface area contributed by atoms with E-state index >= 15 is 0 Å². The number of hydrogen-bond acceptors (Lipinski definition) is 3. The van der Waals surface area contributed by atoms with Gasteiger partial charge in [-0.2, -0.15) is 0 Å². The van der Waals surface area contributed by atoms with Crippen LogP contribution in [-0.2, 0) is 15.7 Å². The van der Waals surface area contributed by atoms with Gasteiger partial charge in [0.15, 0.2) is 11.3 Å². The number of carbonyl (C=O) groups is 1. The van der Waals surface area contributed by atoms with Crippen molar-refractivity contribution < 1.29 is 9.21 Å². The van der Waals surface area contributed by atoms with Gasteiger partial charge in [0.25, 0.3) is 4.84 Å². The van der Waals surface area contributed by atoms with Gasteiger partial charge in [-0.15, -0.1) is 0 Å². The molecule has 3 aromatic carbocycles. The molecule has 0 fully saturated rings. The van der Waals surface area contributed by atoms with Crippen molar-refractivity contribution in [2.45, 2.75) is 45.6 Å². The van der Waals surface area contributed by atoms with Crippen LogP contribution in [-0.4, -0.2) is 10.5 Å². The van der Waals surface area contributed by atoms with Crippen molar-refractivity contribution in [3.05, 3.63) is 76.4 Å². The van der Waals surface area contributed by atoms with Gasteiger partial charge in [-0.1, -0.05) is 57.2 Å². The van der Waals surface area contributed by atoms with Gasteiger partial charge in [0, 0.05) is 5.69 Å². The molecule has 0 radical (unpaired) electrons. The maximum absolute atomic E-state index is 13.5. The Morgan fingerprint density at radius 1 is 1.03 bits per heavy atom. The van der Waals surface area contributed by atoms with Crippen LogP contribution in [0.1, 0.15) is 40.2 Å². The molecule has 0 saturated carbocycles. The molecule has 6 heteroatoms.